The highest BCUT2D eigenvalue weighted by Crippen LogP contribution is 2.29. The Bertz CT molecular complexity index is 782. The molecule has 2 fully saturated rings. The second-order valence-corrected chi connectivity index (χ2v) is 8.96. The van der Waals surface area contributed by atoms with Crippen molar-refractivity contribution in [1.29, 1.82) is 0 Å². The first-order chi connectivity index (χ1) is 14.2. The predicted octanol–water partition coefficient (Wildman–Crippen LogP) is 3.69. The van der Waals surface area contributed by atoms with E-state index in [-0.39, 0.29) is 6.61 Å². The van der Waals surface area contributed by atoms with Gasteiger partial charge in [-0.25, -0.2) is 4.68 Å². The van der Waals surface area contributed by atoms with Gasteiger partial charge in [0, 0.05) is 57.3 Å². The molecule has 1 atom stereocenters. The van der Waals surface area contributed by atoms with Crippen LogP contribution in [0.5, 0.6) is 0 Å². The number of aryl methyl sites for hydroxylation is 2. The van der Waals surface area contributed by atoms with Gasteiger partial charge < -0.3 is 5.11 Å². The molecule has 5 nitrogen and oxygen atoms in total. The maximum absolute atomic E-state index is 9.70. The van der Waals surface area contributed by atoms with Crippen molar-refractivity contribution in [2.75, 3.05) is 26.2 Å². The molecule has 0 radical (unpaired) electrons. The number of piperazine rings is 1. The number of hydrogen-bond acceptors (Lipinski definition) is 4. The normalized spacial score (nSPS) is 22.2. The maximum Gasteiger partial charge on any atom is 0.0695 e. The van der Waals surface area contributed by atoms with Gasteiger partial charge in [-0.05, 0) is 61.9 Å². The minimum absolute atomic E-state index is 0.282. The van der Waals surface area contributed by atoms with Gasteiger partial charge in [-0.15, -0.1) is 0 Å². The summed E-state index contributed by atoms with van der Waals surface area (Å²) >= 11 is 0. The van der Waals surface area contributed by atoms with E-state index >= 15 is 0 Å². The van der Waals surface area contributed by atoms with Crippen molar-refractivity contribution in [2.45, 2.75) is 71.0 Å². The maximum atomic E-state index is 9.70. The van der Waals surface area contributed by atoms with Gasteiger partial charge in [-0.3, -0.25) is 9.80 Å². The SMILES string of the molecule is Cc1cc(C)c(CN2CCN(C3CCCCC3)C(CCO)C2)c(-n2cccn2)c1. The molecule has 1 saturated heterocycles. The van der Waals surface area contributed by atoms with Crippen LogP contribution in [0.25, 0.3) is 5.69 Å². The lowest BCUT2D eigenvalue weighted by Gasteiger charge is -2.46. The van der Waals surface area contributed by atoms with E-state index in [9.17, 15) is 5.11 Å². The summed E-state index contributed by atoms with van der Waals surface area (Å²) in [6, 6.07) is 7.71. The number of aliphatic hydroxyl groups excluding tert-OH is 1. The Labute approximate surface area is 175 Å². The number of aromatic nitrogens is 2. The third kappa shape index (κ3) is 4.73. The highest BCUT2D eigenvalue weighted by molar-refractivity contribution is 5.48. The van der Waals surface area contributed by atoms with Gasteiger partial charge in [0.05, 0.1) is 5.69 Å². The number of nitrogens with zero attached hydrogens (tertiary/aromatic N) is 4. The summed E-state index contributed by atoms with van der Waals surface area (Å²) in [4.78, 5) is 5.31. The number of benzene rings is 1. The smallest absolute Gasteiger partial charge is 0.0695 e. The molecular weight excluding hydrogens is 360 g/mol. The standard InChI is InChI=1S/C24H36N4O/c1-19-15-20(2)23(24(16-19)28-11-6-10-25-28)18-26-12-13-27(22(17-26)9-14-29)21-7-4-3-5-8-21/h6,10-11,15-16,21-22,29H,3-5,7-9,12-14,17-18H2,1-2H3. The van der Waals surface area contributed by atoms with E-state index in [1.807, 2.05) is 23.1 Å². The Morgan fingerprint density at radius 2 is 1.93 bits per heavy atom. The number of aliphatic hydroxyl groups is 1. The van der Waals surface area contributed by atoms with Crippen LogP contribution in [0.3, 0.4) is 0 Å². The summed E-state index contributed by atoms with van der Waals surface area (Å²) < 4.78 is 2.00. The monoisotopic (exact) mass is 396 g/mol. The first-order valence-corrected chi connectivity index (χ1v) is 11.3. The van der Waals surface area contributed by atoms with E-state index < -0.39 is 0 Å². The Kier molecular flexibility index (Phi) is 6.68. The summed E-state index contributed by atoms with van der Waals surface area (Å²) in [5, 5.41) is 14.2. The molecule has 2 aromatic rings. The van der Waals surface area contributed by atoms with Crippen LogP contribution in [0.1, 0.15) is 55.2 Å². The number of rotatable bonds is 6. The van der Waals surface area contributed by atoms with Crippen molar-refractivity contribution in [1.82, 2.24) is 19.6 Å². The molecule has 1 aliphatic carbocycles. The van der Waals surface area contributed by atoms with Gasteiger partial charge >= 0.3 is 0 Å². The molecule has 0 amide bonds. The summed E-state index contributed by atoms with van der Waals surface area (Å²) in [6.45, 7) is 8.87. The molecule has 4 rings (SSSR count). The van der Waals surface area contributed by atoms with Gasteiger partial charge in [0.2, 0.25) is 0 Å². The van der Waals surface area contributed by atoms with Crippen LogP contribution >= 0.6 is 0 Å². The van der Waals surface area contributed by atoms with Crippen LogP contribution in [0.4, 0.5) is 0 Å². The van der Waals surface area contributed by atoms with Crippen LogP contribution in [0, 0.1) is 13.8 Å². The first kappa shape index (κ1) is 20.6. The molecule has 1 N–H and O–H groups in total. The molecule has 0 spiro atoms. The van der Waals surface area contributed by atoms with Crippen molar-refractivity contribution in [3.05, 3.63) is 47.3 Å². The molecule has 1 aromatic heterocycles. The zero-order valence-electron chi connectivity index (χ0n) is 18.1. The highest BCUT2D eigenvalue weighted by atomic mass is 16.3. The van der Waals surface area contributed by atoms with Crippen LogP contribution < -0.4 is 0 Å². The third-order valence-electron chi connectivity index (χ3n) is 6.85. The van der Waals surface area contributed by atoms with Crippen LogP contribution in [-0.4, -0.2) is 63.0 Å². The van der Waals surface area contributed by atoms with E-state index in [0.29, 0.717) is 6.04 Å². The van der Waals surface area contributed by atoms with E-state index in [2.05, 4.69) is 40.9 Å². The molecule has 2 heterocycles. The third-order valence-corrected chi connectivity index (χ3v) is 6.85. The lowest BCUT2D eigenvalue weighted by molar-refractivity contribution is 0.0136. The summed E-state index contributed by atoms with van der Waals surface area (Å²) in [7, 11) is 0. The van der Waals surface area contributed by atoms with Crippen molar-refractivity contribution in [2.24, 2.45) is 0 Å². The zero-order valence-corrected chi connectivity index (χ0v) is 18.1. The second-order valence-electron chi connectivity index (χ2n) is 8.96. The van der Waals surface area contributed by atoms with E-state index in [0.717, 1.165) is 38.6 Å². The first-order valence-electron chi connectivity index (χ1n) is 11.3. The number of hydrogen-bond donors (Lipinski definition) is 1. The molecule has 2 aliphatic rings. The summed E-state index contributed by atoms with van der Waals surface area (Å²) in [6.07, 6.45) is 11.6. The molecule has 1 unspecified atom stereocenters. The predicted molar refractivity (Wildman–Crippen MR) is 117 cm³/mol. The minimum Gasteiger partial charge on any atom is -0.396 e. The molecule has 158 valence electrons. The average molecular weight is 397 g/mol. The molecule has 5 heteroatoms. The zero-order chi connectivity index (χ0) is 20.2. The van der Waals surface area contributed by atoms with Gasteiger partial charge in [0.25, 0.3) is 0 Å². The fraction of sp³-hybridized carbons (Fsp3) is 0.625. The molecule has 0 bridgehead atoms. The van der Waals surface area contributed by atoms with E-state index in [1.54, 1.807) is 0 Å². The summed E-state index contributed by atoms with van der Waals surface area (Å²) in [5.41, 5.74) is 5.18. The Morgan fingerprint density at radius 1 is 1.10 bits per heavy atom. The van der Waals surface area contributed by atoms with Crippen molar-refractivity contribution in [3.8, 4) is 5.69 Å². The lowest BCUT2D eigenvalue weighted by Crippen LogP contribution is -2.56. The Morgan fingerprint density at radius 3 is 2.66 bits per heavy atom. The van der Waals surface area contributed by atoms with Crippen LogP contribution in [0.15, 0.2) is 30.6 Å². The van der Waals surface area contributed by atoms with Crippen molar-refractivity contribution < 1.29 is 5.11 Å². The Hall–Kier alpha value is -1.69. The molecule has 1 aliphatic heterocycles. The quantitative estimate of drug-likeness (QED) is 0.809. The molecule has 1 saturated carbocycles. The average Bonchev–Trinajstić information content (AvgIpc) is 3.26. The van der Waals surface area contributed by atoms with Crippen molar-refractivity contribution in [3.63, 3.8) is 0 Å². The van der Waals surface area contributed by atoms with E-state index in [4.69, 9.17) is 0 Å². The second kappa shape index (κ2) is 9.41. The van der Waals surface area contributed by atoms with E-state index in [1.165, 1.54) is 54.5 Å². The van der Waals surface area contributed by atoms with Crippen LogP contribution in [0.2, 0.25) is 0 Å². The van der Waals surface area contributed by atoms with Crippen molar-refractivity contribution >= 4 is 0 Å². The molecule has 29 heavy (non-hydrogen) atoms. The van der Waals surface area contributed by atoms with Gasteiger partial charge in [0.15, 0.2) is 0 Å². The van der Waals surface area contributed by atoms with Gasteiger partial charge in [0.1, 0.15) is 0 Å². The minimum atomic E-state index is 0.282. The van der Waals surface area contributed by atoms with Gasteiger partial charge in [-0.1, -0.05) is 25.3 Å². The fourth-order valence-corrected chi connectivity index (χ4v) is 5.40. The molecule has 1 aromatic carbocycles. The summed E-state index contributed by atoms with van der Waals surface area (Å²) in [5.74, 6) is 0. The topological polar surface area (TPSA) is 44.5 Å². The highest BCUT2D eigenvalue weighted by Gasteiger charge is 2.32. The largest absolute Gasteiger partial charge is 0.396 e. The van der Waals surface area contributed by atoms with Gasteiger partial charge in [-0.2, -0.15) is 5.10 Å². The Balaban J connectivity index is 1.52. The fourth-order valence-electron chi connectivity index (χ4n) is 5.40. The van der Waals surface area contributed by atoms with Crippen LogP contribution in [-0.2, 0) is 6.54 Å². The molecular formula is C24H36N4O. The lowest BCUT2D eigenvalue weighted by atomic mass is 9.91.